The van der Waals surface area contributed by atoms with Gasteiger partial charge in [0.1, 0.15) is 6.07 Å². The number of benzene rings is 2. The van der Waals surface area contributed by atoms with E-state index in [4.69, 9.17) is 29.1 Å². The summed E-state index contributed by atoms with van der Waals surface area (Å²) in [4.78, 5) is 25.1. The van der Waals surface area contributed by atoms with Crippen LogP contribution in [0.3, 0.4) is 0 Å². The van der Waals surface area contributed by atoms with Crippen LogP contribution in [0.15, 0.2) is 36.4 Å². The molecule has 0 unspecified atom stereocenters. The number of halogens is 2. The Balaban J connectivity index is 2.22. The van der Waals surface area contributed by atoms with Crippen LogP contribution in [0.25, 0.3) is 0 Å². The van der Waals surface area contributed by atoms with Gasteiger partial charge < -0.3 is 10.1 Å². The minimum atomic E-state index is -0.898. The Morgan fingerprint density at radius 1 is 1.25 bits per heavy atom. The molecule has 32 heavy (non-hydrogen) atoms. The van der Waals surface area contributed by atoms with Gasteiger partial charge in [0.2, 0.25) is 5.91 Å². The number of amides is 1. The number of nitrogens with zero attached hydrogens (tertiary/aromatic N) is 2. The molecule has 0 aliphatic heterocycles. The molecule has 2 aromatic carbocycles. The molecule has 0 spiro atoms. The summed E-state index contributed by atoms with van der Waals surface area (Å²) in [6.45, 7) is 3.34. The van der Waals surface area contributed by atoms with Crippen LogP contribution in [-0.2, 0) is 20.7 Å². The SMILES string of the molecule is COC(=O)CCCc1ccc(NC(=S)N(C(=O)C(C)C)c2ccc(C#N)c(Cl)c2F)cc1. The first-order valence-electron chi connectivity index (χ1n) is 9.88. The van der Waals surface area contributed by atoms with Crippen molar-refractivity contribution < 1.29 is 18.7 Å². The molecule has 0 aliphatic carbocycles. The molecule has 9 heteroatoms. The average Bonchev–Trinajstić information content (AvgIpc) is 2.77. The summed E-state index contributed by atoms with van der Waals surface area (Å²) in [7, 11) is 1.36. The maximum atomic E-state index is 14.9. The monoisotopic (exact) mass is 475 g/mol. The first kappa shape index (κ1) is 25.2. The number of esters is 1. The van der Waals surface area contributed by atoms with Crippen molar-refractivity contribution in [2.75, 3.05) is 17.3 Å². The van der Waals surface area contributed by atoms with Gasteiger partial charge >= 0.3 is 5.97 Å². The van der Waals surface area contributed by atoms with Crippen LogP contribution in [0.1, 0.15) is 37.8 Å². The summed E-state index contributed by atoms with van der Waals surface area (Å²) in [5.74, 6) is -2.05. The quantitative estimate of drug-likeness (QED) is 0.436. The number of ether oxygens (including phenoxy) is 1. The van der Waals surface area contributed by atoms with Crippen molar-refractivity contribution in [3.63, 3.8) is 0 Å². The van der Waals surface area contributed by atoms with Crippen molar-refractivity contribution >= 4 is 52.2 Å². The van der Waals surface area contributed by atoms with E-state index >= 15 is 0 Å². The molecule has 0 saturated heterocycles. The van der Waals surface area contributed by atoms with E-state index in [1.54, 1.807) is 32.0 Å². The Bertz CT molecular complexity index is 1050. The summed E-state index contributed by atoms with van der Waals surface area (Å²) in [6, 6.07) is 11.7. The van der Waals surface area contributed by atoms with E-state index in [0.717, 1.165) is 10.5 Å². The van der Waals surface area contributed by atoms with Crippen LogP contribution in [0, 0.1) is 23.1 Å². The van der Waals surface area contributed by atoms with Crippen molar-refractivity contribution in [2.24, 2.45) is 5.92 Å². The number of nitrogens with one attached hydrogen (secondary N) is 1. The number of hydrogen-bond acceptors (Lipinski definition) is 5. The van der Waals surface area contributed by atoms with Gasteiger partial charge in [0.25, 0.3) is 0 Å². The van der Waals surface area contributed by atoms with Crippen LogP contribution in [0.2, 0.25) is 5.02 Å². The van der Waals surface area contributed by atoms with Crippen LogP contribution in [0.4, 0.5) is 15.8 Å². The molecule has 0 aliphatic rings. The molecule has 168 valence electrons. The lowest BCUT2D eigenvalue weighted by Gasteiger charge is -2.26. The molecule has 1 N–H and O–H groups in total. The number of thiocarbonyl (C=S) groups is 1. The highest BCUT2D eigenvalue weighted by molar-refractivity contribution is 7.80. The van der Waals surface area contributed by atoms with Gasteiger partial charge in [-0.15, -0.1) is 0 Å². The number of nitriles is 1. The zero-order valence-electron chi connectivity index (χ0n) is 17.9. The number of carbonyl (C=O) groups is 2. The van der Waals surface area contributed by atoms with Crippen LogP contribution in [0.5, 0.6) is 0 Å². The van der Waals surface area contributed by atoms with Gasteiger partial charge in [-0.1, -0.05) is 37.6 Å². The van der Waals surface area contributed by atoms with Gasteiger partial charge in [0.05, 0.1) is 23.4 Å². The molecule has 2 aromatic rings. The molecule has 0 heterocycles. The van der Waals surface area contributed by atoms with Gasteiger partial charge in [-0.3, -0.25) is 14.5 Å². The van der Waals surface area contributed by atoms with E-state index in [-0.39, 0.29) is 27.4 Å². The molecular formula is C23H23ClFN3O3S. The van der Waals surface area contributed by atoms with Crippen LogP contribution in [-0.4, -0.2) is 24.1 Å². The lowest BCUT2D eigenvalue weighted by Crippen LogP contribution is -2.42. The Morgan fingerprint density at radius 2 is 1.91 bits per heavy atom. The van der Waals surface area contributed by atoms with Gasteiger partial charge in [0.15, 0.2) is 10.9 Å². The zero-order chi connectivity index (χ0) is 23.8. The number of rotatable bonds is 7. The highest BCUT2D eigenvalue weighted by atomic mass is 35.5. The number of hydrogen-bond donors (Lipinski definition) is 1. The minimum absolute atomic E-state index is 0.0261. The predicted molar refractivity (Wildman–Crippen MR) is 126 cm³/mol. The Hall–Kier alpha value is -3.02. The number of anilines is 2. The normalized spacial score (nSPS) is 10.4. The molecule has 0 fully saturated rings. The second kappa shape index (κ2) is 11.6. The minimum Gasteiger partial charge on any atom is -0.469 e. The van der Waals surface area contributed by atoms with Crippen molar-refractivity contribution in [3.8, 4) is 6.07 Å². The van der Waals surface area contributed by atoms with Crippen LogP contribution < -0.4 is 10.2 Å². The first-order valence-corrected chi connectivity index (χ1v) is 10.7. The standard InChI is InChI=1S/C23H23ClFN3O3S/c1-14(2)22(30)28(18-12-9-16(13-26)20(24)21(18)25)23(32)27-17-10-7-15(8-11-17)5-4-6-19(29)31-3/h7-12,14H,4-6H2,1-3H3,(H,27,32). The second-order valence-corrected chi connectivity index (χ2v) is 8.02. The molecular weight excluding hydrogens is 453 g/mol. The maximum Gasteiger partial charge on any atom is 0.305 e. The molecule has 0 aromatic heterocycles. The molecule has 6 nitrogen and oxygen atoms in total. The van der Waals surface area contributed by atoms with E-state index in [1.165, 1.54) is 19.2 Å². The first-order chi connectivity index (χ1) is 15.2. The van der Waals surface area contributed by atoms with Crippen LogP contribution >= 0.6 is 23.8 Å². The maximum absolute atomic E-state index is 14.9. The molecule has 0 radical (unpaired) electrons. The third-order valence-electron chi connectivity index (χ3n) is 4.62. The fourth-order valence-electron chi connectivity index (χ4n) is 2.86. The Labute approximate surface area is 196 Å². The summed E-state index contributed by atoms with van der Waals surface area (Å²) in [5, 5.41) is 11.6. The lowest BCUT2D eigenvalue weighted by molar-refractivity contribution is -0.140. The highest BCUT2D eigenvalue weighted by Gasteiger charge is 2.27. The van der Waals surface area contributed by atoms with E-state index in [1.807, 2.05) is 12.1 Å². The van der Waals surface area contributed by atoms with Crippen molar-refractivity contribution in [3.05, 3.63) is 58.4 Å². The van der Waals surface area contributed by atoms with Crippen molar-refractivity contribution in [2.45, 2.75) is 33.1 Å². The third-order valence-corrected chi connectivity index (χ3v) is 5.27. The van der Waals surface area contributed by atoms with Gasteiger partial charge in [0, 0.05) is 18.0 Å². The Kier molecular flexibility index (Phi) is 9.12. The highest BCUT2D eigenvalue weighted by Crippen LogP contribution is 2.30. The fourth-order valence-corrected chi connectivity index (χ4v) is 3.37. The fraction of sp³-hybridized carbons (Fsp3) is 0.304. The summed E-state index contributed by atoms with van der Waals surface area (Å²) < 4.78 is 19.5. The molecule has 0 atom stereocenters. The predicted octanol–water partition coefficient (Wildman–Crippen LogP) is 5.23. The van der Waals surface area contributed by atoms with Crippen molar-refractivity contribution in [1.29, 1.82) is 5.26 Å². The van der Waals surface area contributed by atoms with E-state index in [0.29, 0.717) is 24.9 Å². The summed E-state index contributed by atoms with van der Waals surface area (Å²) in [5.41, 5.74) is 1.45. The topological polar surface area (TPSA) is 82.4 Å². The van der Waals surface area contributed by atoms with Gasteiger partial charge in [-0.25, -0.2) is 4.39 Å². The average molecular weight is 476 g/mol. The van der Waals surface area contributed by atoms with E-state index in [9.17, 15) is 14.0 Å². The number of carbonyl (C=O) groups excluding carboxylic acids is 2. The number of methoxy groups -OCH3 is 1. The second-order valence-electron chi connectivity index (χ2n) is 7.26. The molecule has 0 bridgehead atoms. The third kappa shape index (κ3) is 6.25. The summed E-state index contributed by atoms with van der Waals surface area (Å²) >= 11 is 11.4. The van der Waals surface area contributed by atoms with E-state index < -0.39 is 17.6 Å². The smallest absolute Gasteiger partial charge is 0.305 e. The van der Waals surface area contributed by atoms with Gasteiger partial charge in [-0.2, -0.15) is 5.26 Å². The Morgan fingerprint density at radius 3 is 2.47 bits per heavy atom. The van der Waals surface area contributed by atoms with Gasteiger partial charge in [-0.05, 0) is 54.9 Å². The molecule has 1 amide bonds. The van der Waals surface area contributed by atoms with E-state index in [2.05, 4.69) is 10.1 Å². The largest absolute Gasteiger partial charge is 0.469 e. The van der Waals surface area contributed by atoms with Crippen molar-refractivity contribution in [1.82, 2.24) is 0 Å². The molecule has 2 rings (SSSR count). The summed E-state index contributed by atoms with van der Waals surface area (Å²) in [6.07, 6.45) is 1.70. The molecule has 0 saturated carbocycles. The lowest BCUT2D eigenvalue weighted by atomic mass is 10.1. The zero-order valence-corrected chi connectivity index (χ0v) is 19.5. The number of aryl methyl sites for hydroxylation is 1.